The van der Waals surface area contributed by atoms with Gasteiger partial charge in [0.1, 0.15) is 11.5 Å². The highest BCUT2D eigenvalue weighted by atomic mass is 32.2. The molecule has 10 heteroatoms. The van der Waals surface area contributed by atoms with Crippen molar-refractivity contribution in [3.05, 3.63) is 83.6 Å². The fraction of sp³-hybridized carbons (Fsp3) is 0.267. The molecule has 0 aliphatic heterocycles. The van der Waals surface area contributed by atoms with Gasteiger partial charge in [-0.2, -0.15) is 5.10 Å². The van der Waals surface area contributed by atoms with Crippen LogP contribution in [0.15, 0.2) is 71.6 Å². The predicted molar refractivity (Wildman–Crippen MR) is 154 cm³/mol. The highest BCUT2D eigenvalue weighted by Crippen LogP contribution is 2.40. The largest absolute Gasteiger partial charge is 0.496 e. The molecule has 0 aliphatic rings. The van der Waals surface area contributed by atoms with Gasteiger partial charge in [0, 0.05) is 5.69 Å². The summed E-state index contributed by atoms with van der Waals surface area (Å²) in [5.41, 5.74) is 4.14. The molecule has 40 heavy (non-hydrogen) atoms. The van der Waals surface area contributed by atoms with E-state index in [1.54, 1.807) is 79.6 Å². The summed E-state index contributed by atoms with van der Waals surface area (Å²) in [6, 6.07) is 18.9. The number of sulfonamides is 1. The molecule has 0 fully saturated rings. The minimum Gasteiger partial charge on any atom is -0.496 e. The fourth-order valence-corrected chi connectivity index (χ4v) is 5.49. The highest BCUT2D eigenvalue weighted by molar-refractivity contribution is 7.92. The Morgan fingerprint density at radius 3 is 2.17 bits per heavy atom. The molecule has 0 radical (unpaired) electrons. The lowest BCUT2D eigenvalue weighted by Crippen LogP contribution is -2.14. The van der Waals surface area contributed by atoms with Gasteiger partial charge in [0.05, 0.1) is 43.2 Å². The maximum atomic E-state index is 13.1. The summed E-state index contributed by atoms with van der Waals surface area (Å²) >= 11 is 0. The van der Waals surface area contributed by atoms with Gasteiger partial charge in [-0.05, 0) is 73.4 Å². The second-order valence-electron chi connectivity index (χ2n) is 9.72. The number of hydrogen-bond acceptors (Lipinski definition) is 7. The SMILES string of the molecule is COC(=O)c1cc(-c2c(OC)cccc2OC)n(-c2ccc(NS(=O)(=O)c3ccc(C)cc3)cc2CC(C)C)n1. The summed E-state index contributed by atoms with van der Waals surface area (Å²) in [5.74, 6) is 0.707. The monoisotopic (exact) mass is 563 g/mol. The van der Waals surface area contributed by atoms with E-state index in [4.69, 9.17) is 14.2 Å². The lowest BCUT2D eigenvalue weighted by molar-refractivity contribution is 0.0593. The van der Waals surface area contributed by atoms with Crippen molar-refractivity contribution >= 4 is 21.7 Å². The van der Waals surface area contributed by atoms with Crippen molar-refractivity contribution in [2.24, 2.45) is 5.92 Å². The summed E-state index contributed by atoms with van der Waals surface area (Å²) in [6.07, 6.45) is 0.616. The minimum atomic E-state index is -3.80. The zero-order chi connectivity index (χ0) is 29.0. The van der Waals surface area contributed by atoms with Crippen molar-refractivity contribution in [1.29, 1.82) is 0 Å². The standard InChI is InChI=1S/C30H33N3O6S/c1-19(2)16-21-17-22(32-40(35,36)23-13-10-20(3)11-14-23)12-15-25(21)33-26(18-24(31-33)30(34)39-6)29-27(37-4)8-7-9-28(29)38-5/h7-15,17-19,32H,16H2,1-6H3. The molecular formula is C30H33N3O6S. The lowest BCUT2D eigenvalue weighted by Gasteiger charge is -2.18. The quantitative estimate of drug-likeness (QED) is 0.248. The third kappa shape index (κ3) is 5.96. The molecule has 0 atom stereocenters. The number of ether oxygens (including phenoxy) is 3. The van der Waals surface area contributed by atoms with Gasteiger partial charge in [-0.15, -0.1) is 0 Å². The van der Waals surface area contributed by atoms with Crippen molar-refractivity contribution in [1.82, 2.24) is 9.78 Å². The smallest absolute Gasteiger partial charge is 0.358 e. The van der Waals surface area contributed by atoms with Crippen LogP contribution in [0.3, 0.4) is 0 Å². The van der Waals surface area contributed by atoms with Crippen LogP contribution in [0, 0.1) is 12.8 Å². The number of benzene rings is 3. The first-order valence-electron chi connectivity index (χ1n) is 12.7. The van der Waals surface area contributed by atoms with Crippen LogP contribution >= 0.6 is 0 Å². The Labute approximate surface area is 234 Å². The Kier molecular flexibility index (Phi) is 8.49. The summed E-state index contributed by atoms with van der Waals surface area (Å²) in [4.78, 5) is 12.7. The predicted octanol–water partition coefficient (Wildman–Crippen LogP) is 5.65. The molecule has 0 saturated carbocycles. The van der Waals surface area contributed by atoms with Crippen molar-refractivity contribution in [2.75, 3.05) is 26.1 Å². The molecule has 210 valence electrons. The minimum absolute atomic E-state index is 0.102. The van der Waals surface area contributed by atoms with Crippen LogP contribution < -0.4 is 14.2 Å². The number of methoxy groups -OCH3 is 3. The number of anilines is 1. The van der Waals surface area contributed by atoms with Gasteiger partial charge in [-0.1, -0.05) is 37.6 Å². The van der Waals surface area contributed by atoms with E-state index < -0.39 is 16.0 Å². The van der Waals surface area contributed by atoms with Crippen LogP contribution in [-0.2, 0) is 21.2 Å². The van der Waals surface area contributed by atoms with Gasteiger partial charge in [0.2, 0.25) is 0 Å². The topological polar surface area (TPSA) is 109 Å². The van der Waals surface area contributed by atoms with Gasteiger partial charge in [0.25, 0.3) is 10.0 Å². The Balaban J connectivity index is 1.89. The summed E-state index contributed by atoms with van der Waals surface area (Å²) < 4.78 is 46.7. The number of hydrogen-bond donors (Lipinski definition) is 1. The number of carbonyl (C=O) groups is 1. The summed E-state index contributed by atoms with van der Waals surface area (Å²) in [5, 5.41) is 4.60. The van der Waals surface area contributed by atoms with Gasteiger partial charge in [-0.3, -0.25) is 4.72 Å². The van der Waals surface area contributed by atoms with Gasteiger partial charge < -0.3 is 14.2 Å². The normalized spacial score (nSPS) is 11.4. The molecule has 0 saturated heterocycles. The van der Waals surface area contributed by atoms with Crippen molar-refractivity contribution < 1.29 is 27.4 Å². The van der Waals surface area contributed by atoms with Gasteiger partial charge >= 0.3 is 5.97 Å². The third-order valence-electron chi connectivity index (χ3n) is 6.31. The van der Waals surface area contributed by atoms with Crippen LogP contribution in [-0.4, -0.2) is 45.5 Å². The molecule has 0 bridgehead atoms. The molecule has 4 rings (SSSR count). The average Bonchev–Trinajstić information content (AvgIpc) is 3.36. The van der Waals surface area contributed by atoms with Crippen LogP contribution in [0.2, 0.25) is 0 Å². The molecule has 0 spiro atoms. The molecule has 0 unspecified atom stereocenters. The zero-order valence-corrected chi connectivity index (χ0v) is 24.2. The van der Waals surface area contributed by atoms with E-state index in [0.717, 1.165) is 11.1 Å². The zero-order valence-electron chi connectivity index (χ0n) is 23.4. The summed E-state index contributed by atoms with van der Waals surface area (Å²) in [6.45, 7) is 6.04. The van der Waals surface area contributed by atoms with Crippen molar-refractivity contribution in [3.8, 4) is 28.4 Å². The first-order valence-corrected chi connectivity index (χ1v) is 14.2. The number of nitrogens with one attached hydrogen (secondary N) is 1. The molecule has 1 aromatic heterocycles. The lowest BCUT2D eigenvalue weighted by atomic mass is 10.00. The van der Waals surface area contributed by atoms with E-state index in [0.29, 0.717) is 40.6 Å². The maximum absolute atomic E-state index is 13.1. The molecule has 4 aromatic rings. The van der Waals surface area contributed by atoms with Crippen LogP contribution in [0.4, 0.5) is 5.69 Å². The van der Waals surface area contributed by atoms with E-state index in [9.17, 15) is 13.2 Å². The fourth-order valence-electron chi connectivity index (χ4n) is 4.44. The highest BCUT2D eigenvalue weighted by Gasteiger charge is 2.24. The van der Waals surface area contributed by atoms with Crippen molar-refractivity contribution in [2.45, 2.75) is 32.1 Å². The Morgan fingerprint density at radius 2 is 1.60 bits per heavy atom. The van der Waals surface area contributed by atoms with Crippen molar-refractivity contribution in [3.63, 3.8) is 0 Å². The molecule has 0 amide bonds. The average molecular weight is 564 g/mol. The first-order chi connectivity index (χ1) is 19.1. The number of nitrogens with zero attached hydrogens (tertiary/aromatic N) is 2. The van der Waals surface area contributed by atoms with Crippen LogP contribution in [0.5, 0.6) is 11.5 Å². The Hall–Kier alpha value is -4.31. The molecule has 1 N–H and O–H groups in total. The van der Waals surface area contributed by atoms with Gasteiger partial charge in [0.15, 0.2) is 5.69 Å². The van der Waals surface area contributed by atoms with E-state index in [1.807, 2.05) is 13.0 Å². The maximum Gasteiger partial charge on any atom is 0.358 e. The molecule has 0 aliphatic carbocycles. The Bertz CT molecular complexity index is 1600. The Morgan fingerprint density at radius 1 is 0.950 bits per heavy atom. The number of aromatic nitrogens is 2. The van der Waals surface area contributed by atoms with Gasteiger partial charge in [-0.25, -0.2) is 17.9 Å². The third-order valence-corrected chi connectivity index (χ3v) is 7.70. The van der Waals surface area contributed by atoms with Crippen LogP contribution in [0.25, 0.3) is 16.9 Å². The summed E-state index contributed by atoms with van der Waals surface area (Å²) in [7, 11) is 0.606. The van der Waals surface area contributed by atoms with E-state index in [2.05, 4.69) is 23.7 Å². The second-order valence-corrected chi connectivity index (χ2v) is 11.4. The first kappa shape index (κ1) is 28.7. The number of esters is 1. The molecule has 3 aromatic carbocycles. The number of carbonyl (C=O) groups excluding carboxylic acids is 1. The molecular weight excluding hydrogens is 530 g/mol. The number of aryl methyl sites for hydroxylation is 1. The number of rotatable bonds is 10. The van der Waals surface area contributed by atoms with E-state index in [1.165, 1.54) is 7.11 Å². The van der Waals surface area contributed by atoms with E-state index >= 15 is 0 Å². The second kappa shape index (κ2) is 11.8. The van der Waals surface area contributed by atoms with Crippen LogP contribution in [0.1, 0.15) is 35.5 Å². The molecule has 9 nitrogen and oxygen atoms in total. The molecule has 1 heterocycles. The van der Waals surface area contributed by atoms with E-state index in [-0.39, 0.29) is 16.5 Å².